The Balaban J connectivity index is 0.871. The van der Waals surface area contributed by atoms with Crippen LogP contribution in [0.1, 0.15) is 105 Å². The Labute approximate surface area is 444 Å². The molecule has 0 unspecified atom stereocenters. The van der Waals surface area contributed by atoms with Gasteiger partial charge in [-0.1, -0.05) is 41.5 Å². The second kappa shape index (κ2) is 22.4. The number of aliphatic hydroxyl groups is 1. The predicted molar refractivity (Wildman–Crippen MR) is 289 cm³/mol. The van der Waals surface area contributed by atoms with E-state index in [4.69, 9.17) is 15.0 Å². The maximum absolute atomic E-state index is 15.0. The quantitative estimate of drug-likeness (QED) is 0.0229. The van der Waals surface area contributed by atoms with Gasteiger partial charge in [0.1, 0.15) is 60.4 Å². The van der Waals surface area contributed by atoms with Gasteiger partial charge in [0.05, 0.1) is 11.1 Å². The van der Waals surface area contributed by atoms with E-state index in [0.29, 0.717) is 11.3 Å². The van der Waals surface area contributed by atoms with E-state index in [1.807, 2.05) is 42.5 Å². The zero-order valence-corrected chi connectivity index (χ0v) is 42.9. The molecule has 6 aromatic rings. The highest BCUT2D eigenvalue weighted by molar-refractivity contribution is 6.03. The Morgan fingerprint density at radius 3 is 2.47 bits per heavy atom. The highest BCUT2D eigenvalue weighted by atomic mass is 19.1. The number of rotatable bonds is 17. The monoisotopic (exact) mass is 1040 g/mol. The van der Waals surface area contributed by atoms with Crippen molar-refractivity contribution < 1.29 is 42.9 Å². The molecule has 15 nitrogen and oxygen atoms in total. The van der Waals surface area contributed by atoms with E-state index in [0.717, 1.165) is 152 Å². The molecule has 0 fully saturated rings. The summed E-state index contributed by atoms with van der Waals surface area (Å²) in [5.74, 6) is -2.08. The standard InChI is InChI=1S/C60H60F2N8O7/c61-49-28-36(29-50(62)54(49)66-67-63)34-70(52(72)20-21-64-33-41(71)35-76-51-17-7-13-37-10-1-2-14-42(37)51)27-22-65-59(73)40-18-19-43(60(74)75)46(32-40)53-47-30-38-11-3-5-23-68-25-8-15-44(55(38)68)57(47)77-58-45-16-9-26-69-24-6-4-12-39(56(45)69)31-48(53)58/h1-2,7,10,13-14,17-19,28-32,41,64,71H,3-6,8-9,11-12,15-16,20-27,33-35H2,(H-,65,73,74,75)/p+1/t41-/m0/s1. The van der Waals surface area contributed by atoms with E-state index in [-0.39, 0.29) is 62.4 Å². The van der Waals surface area contributed by atoms with Crippen molar-refractivity contribution in [2.75, 3.05) is 63.9 Å². The van der Waals surface area contributed by atoms with Crippen LogP contribution < -0.4 is 40.2 Å². The summed E-state index contributed by atoms with van der Waals surface area (Å²) in [6.07, 6.45) is 8.62. The molecule has 5 heterocycles. The number of carbonyl (C=O) groups excluding carboxylic acids is 2. The number of aromatic carboxylic acids is 1. The first-order valence-corrected chi connectivity index (χ1v) is 26.9. The fourth-order valence-electron chi connectivity index (χ4n) is 12.2. The first-order chi connectivity index (χ1) is 37.5. The number of nitrogens with one attached hydrogen (secondary N) is 2. The number of anilines is 1. The molecule has 0 radical (unpaired) electrons. The average Bonchev–Trinajstić information content (AvgIpc) is 3.98. The van der Waals surface area contributed by atoms with Crippen LogP contribution in [0.4, 0.5) is 20.2 Å². The SMILES string of the molecule is [N-]=[N+]=Nc1c(F)cc(CN(CCNC(=O)c2ccc(C(=O)O)c(C3=c4cc5c6c(c4Oc4c3cc3c7c4CCCN7CCCC3)CCC[N+]=6CCCC5)c2)C(=O)CCNC[C@H](O)COc2cccc3ccccc23)cc1F. The molecule has 0 spiro atoms. The predicted octanol–water partition coefficient (Wildman–Crippen LogP) is 8.15. The van der Waals surface area contributed by atoms with Gasteiger partial charge in [0.2, 0.25) is 11.3 Å². The van der Waals surface area contributed by atoms with Crippen LogP contribution >= 0.6 is 0 Å². The van der Waals surface area contributed by atoms with Crippen LogP contribution in [0.2, 0.25) is 0 Å². The molecule has 4 N–H and O–H groups in total. The van der Waals surface area contributed by atoms with E-state index in [1.165, 1.54) is 39.2 Å². The van der Waals surface area contributed by atoms with Crippen molar-refractivity contribution in [1.29, 1.82) is 0 Å². The van der Waals surface area contributed by atoms with E-state index in [1.54, 1.807) is 6.07 Å². The van der Waals surface area contributed by atoms with Gasteiger partial charge in [0.25, 0.3) is 5.91 Å². The normalized spacial score (nSPS) is 15.6. The Hall–Kier alpha value is -7.85. The van der Waals surface area contributed by atoms with Crippen molar-refractivity contribution >= 4 is 45.5 Å². The van der Waals surface area contributed by atoms with E-state index in [9.17, 15) is 24.6 Å². The number of azide groups is 1. The van der Waals surface area contributed by atoms with Crippen molar-refractivity contribution in [1.82, 2.24) is 20.1 Å². The smallest absolute Gasteiger partial charge is 0.336 e. The lowest BCUT2D eigenvalue weighted by molar-refractivity contribution is -0.131. The summed E-state index contributed by atoms with van der Waals surface area (Å²) in [5, 5.41) is 34.8. The lowest BCUT2D eigenvalue weighted by Gasteiger charge is -2.35. The summed E-state index contributed by atoms with van der Waals surface area (Å²) in [5.41, 5.74) is 16.4. The minimum atomic E-state index is -1.13. The highest BCUT2D eigenvalue weighted by Crippen LogP contribution is 2.48. The van der Waals surface area contributed by atoms with Crippen LogP contribution in [-0.4, -0.2) is 98.0 Å². The van der Waals surface area contributed by atoms with E-state index >= 15 is 8.78 Å². The summed E-state index contributed by atoms with van der Waals surface area (Å²) in [7, 11) is 0. The number of fused-ring (bicyclic) bond motifs is 5. The molecular formula is C60H61F2N8O7+. The Morgan fingerprint density at radius 1 is 0.844 bits per heavy atom. The molecule has 11 rings (SSSR count). The summed E-state index contributed by atoms with van der Waals surface area (Å²) < 4.78 is 45.7. The number of nitrogens with zero attached hydrogens (tertiary/aromatic N) is 6. The molecule has 77 heavy (non-hydrogen) atoms. The number of aryl methyl sites for hydroxylation is 2. The van der Waals surface area contributed by atoms with E-state index in [2.05, 4.69) is 42.3 Å². The van der Waals surface area contributed by atoms with Gasteiger partial charge in [-0.05, 0) is 128 Å². The van der Waals surface area contributed by atoms with Gasteiger partial charge >= 0.3 is 5.97 Å². The first-order valence-electron chi connectivity index (χ1n) is 26.9. The molecule has 0 aliphatic carbocycles. The molecular weight excluding hydrogens is 983 g/mol. The van der Waals surface area contributed by atoms with Gasteiger partial charge in [-0.2, -0.15) is 0 Å². The van der Waals surface area contributed by atoms with Crippen molar-refractivity contribution in [2.45, 2.75) is 83.3 Å². The van der Waals surface area contributed by atoms with Crippen LogP contribution in [-0.2, 0) is 37.0 Å². The molecule has 2 amide bonds. The number of carbonyl (C=O) groups is 3. The minimum absolute atomic E-state index is 0.00172. The van der Waals surface area contributed by atoms with Gasteiger partial charge in [0, 0.05) is 114 Å². The third-order valence-corrected chi connectivity index (χ3v) is 15.7. The first kappa shape index (κ1) is 51.3. The maximum atomic E-state index is 15.0. The van der Waals surface area contributed by atoms with Crippen LogP contribution in [0.25, 0.3) is 26.8 Å². The minimum Gasteiger partial charge on any atom is -0.490 e. The number of amides is 2. The summed E-state index contributed by atoms with van der Waals surface area (Å²) in [4.78, 5) is 48.1. The zero-order chi connectivity index (χ0) is 53.2. The zero-order valence-electron chi connectivity index (χ0n) is 42.9. The number of carboxylic acids is 1. The lowest BCUT2D eigenvalue weighted by atomic mass is 9.82. The molecule has 1 atom stereocenters. The largest absolute Gasteiger partial charge is 0.490 e. The van der Waals surface area contributed by atoms with Crippen molar-refractivity contribution in [3.63, 3.8) is 0 Å². The average molecular weight is 1040 g/mol. The second-order valence-electron chi connectivity index (χ2n) is 20.7. The summed E-state index contributed by atoms with van der Waals surface area (Å²) >= 11 is 0. The van der Waals surface area contributed by atoms with Crippen molar-refractivity contribution in [2.24, 2.45) is 5.11 Å². The van der Waals surface area contributed by atoms with Crippen LogP contribution in [0.15, 0.2) is 90.0 Å². The van der Waals surface area contributed by atoms with Gasteiger partial charge in [0.15, 0.2) is 0 Å². The third kappa shape index (κ3) is 10.4. The van der Waals surface area contributed by atoms with Crippen molar-refractivity contribution in [3.8, 4) is 17.2 Å². The third-order valence-electron chi connectivity index (χ3n) is 15.7. The van der Waals surface area contributed by atoms with Gasteiger partial charge in [-0.3, -0.25) is 9.59 Å². The number of hydrogen-bond donors (Lipinski definition) is 4. The van der Waals surface area contributed by atoms with Gasteiger partial charge < -0.3 is 40.1 Å². The van der Waals surface area contributed by atoms with Crippen LogP contribution in [0, 0.1) is 11.6 Å². The molecule has 396 valence electrons. The molecule has 5 aliphatic rings. The fourth-order valence-corrected chi connectivity index (χ4v) is 12.2. The topological polar surface area (TPSA) is 192 Å². The Bertz CT molecular complexity index is 3520. The fraction of sp³-hybridized carbons (Fsp3) is 0.367. The van der Waals surface area contributed by atoms with Crippen LogP contribution in [0.3, 0.4) is 0 Å². The Morgan fingerprint density at radius 2 is 1.62 bits per heavy atom. The van der Waals surface area contributed by atoms with E-state index < -0.39 is 41.2 Å². The number of aliphatic hydroxyl groups excluding tert-OH is 1. The number of halogens is 2. The summed E-state index contributed by atoms with van der Waals surface area (Å²) in [6, 6.07) is 24.5. The number of benzene rings is 6. The molecule has 6 aromatic carbocycles. The maximum Gasteiger partial charge on any atom is 0.336 e. The number of carboxylic acid groups (broad SMARTS) is 1. The molecule has 0 saturated carbocycles. The molecule has 5 aliphatic heterocycles. The summed E-state index contributed by atoms with van der Waals surface area (Å²) in [6.45, 7) is 3.76. The number of hydrogen-bond acceptors (Lipinski definition) is 9. The number of ether oxygens (including phenoxy) is 2. The second-order valence-corrected chi connectivity index (χ2v) is 20.7. The van der Waals surface area contributed by atoms with Crippen LogP contribution in [0.5, 0.6) is 17.2 Å². The van der Waals surface area contributed by atoms with Crippen molar-refractivity contribution in [3.05, 3.63) is 168 Å². The van der Waals surface area contributed by atoms with Gasteiger partial charge in [-0.25, -0.2) is 18.2 Å². The lowest BCUT2D eigenvalue weighted by Crippen LogP contribution is -2.41. The molecule has 0 aromatic heterocycles. The Kier molecular flexibility index (Phi) is 14.9. The molecule has 0 bridgehead atoms. The molecule has 17 heteroatoms. The highest BCUT2D eigenvalue weighted by Gasteiger charge is 2.36. The molecule has 0 saturated heterocycles. The van der Waals surface area contributed by atoms with Gasteiger partial charge in [-0.15, -0.1) is 0 Å².